The van der Waals surface area contributed by atoms with E-state index >= 15 is 0 Å². The van der Waals surface area contributed by atoms with Gasteiger partial charge in [0, 0.05) is 25.0 Å². The Balaban J connectivity index is 0.00000364. The summed E-state index contributed by atoms with van der Waals surface area (Å²) in [6.45, 7) is 5.98. The number of nitrogens with zero attached hydrogens (tertiary/aromatic N) is 1. The average molecular weight is 484 g/mol. The van der Waals surface area contributed by atoms with Crippen LogP contribution in [0.1, 0.15) is 19.4 Å². The van der Waals surface area contributed by atoms with Crippen LogP contribution in [0.5, 0.6) is 5.75 Å². The lowest BCUT2D eigenvalue weighted by Crippen LogP contribution is -2.22. The molecule has 6 nitrogen and oxygen atoms in total. The van der Waals surface area contributed by atoms with Crippen LogP contribution in [-0.2, 0) is 11.3 Å². The number of rotatable bonds is 9. The van der Waals surface area contributed by atoms with E-state index in [0.29, 0.717) is 19.1 Å². The molecule has 0 aliphatic carbocycles. The first-order valence-electron chi connectivity index (χ1n) is 8.72. The summed E-state index contributed by atoms with van der Waals surface area (Å²) < 4.78 is 10.6. The minimum absolute atomic E-state index is 0. The number of guanidine groups is 1. The fraction of sp³-hybridized carbons (Fsp3) is 0.350. The van der Waals surface area contributed by atoms with Gasteiger partial charge in [-0.05, 0) is 55.8 Å². The summed E-state index contributed by atoms with van der Waals surface area (Å²) in [6, 6.07) is 15.8. The first kappa shape index (κ1) is 23.0. The molecule has 4 N–H and O–H groups in total. The molecule has 0 atom stereocenters. The van der Waals surface area contributed by atoms with Gasteiger partial charge in [-0.2, -0.15) is 0 Å². The van der Waals surface area contributed by atoms with Gasteiger partial charge in [0.1, 0.15) is 5.75 Å². The lowest BCUT2D eigenvalue weighted by atomic mass is 10.2. The predicted molar refractivity (Wildman–Crippen MR) is 123 cm³/mol. The molecule has 27 heavy (non-hydrogen) atoms. The van der Waals surface area contributed by atoms with Crippen LogP contribution in [0.3, 0.4) is 0 Å². The molecule has 0 radical (unpaired) electrons. The number of methoxy groups -OCH3 is 1. The molecule has 0 unspecified atom stereocenters. The zero-order valence-corrected chi connectivity index (χ0v) is 18.4. The van der Waals surface area contributed by atoms with Crippen LogP contribution in [0.4, 0.5) is 11.4 Å². The fourth-order valence-corrected chi connectivity index (χ4v) is 2.28. The number of aliphatic imine (C=N–C) groups is 1. The van der Waals surface area contributed by atoms with Crippen molar-refractivity contribution in [3.8, 4) is 5.75 Å². The standard InChI is InChI=1S/C20H28N4O2.HI/c1-15(2)26-19-10-8-18(9-11-19)24-20(21)23-14-16-4-6-17(7-5-16)22-12-13-25-3;/h4-11,15,22H,12-14H2,1-3H3,(H3,21,23,24);1H. The lowest BCUT2D eigenvalue weighted by molar-refractivity contribution is 0.211. The van der Waals surface area contributed by atoms with Crippen molar-refractivity contribution in [2.24, 2.45) is 10.7 Å². The van der Waals surface area contributed by atoms with Gasteiger partial charge in [-0.1, -0.05) is 12.1 Å². The van der Waals surface area contributed by atoms with E-state index in [0.717, 1.165) is 29.2 Å². The molecule has 0 fully saturated rings. The third-order valence-electron chi connectivity index (χ3n) is 3.52. The molecule has 2 aromatic carbocycles. The zero-order chi connectivity index (χ0) is 18.8. The lowest BCUT2D eigenvalue weighted by Gasteiger charge is -2.11. The molecule has 7 heteroatoms. The van der Waals surface area contributed by atoms with Crippen LogP contribution < -0.4 is 21.1 Å². The minimum Gasteiger partial charge on any atom is -0.491 e. The van der Waals surface area contributed by atoms with E-state index < -0.39 is 0 Å². The molecule has 0 spiro atoms. The van der Waals surface area contributed by atoms with Crippen molar-refractivity contribution in [3.63, 3.8) is 0 Å². The second-order valence-electron chi connectivity index (χ2n) is 6.13. The van der Waals surface area contributed by atoms with Crippen molar-refractivity contribution in [2.75, 3.05) is 30.9 Å². The normalized spacial score (nSPS) is 11.0. The Morgan fingerprint density at radius 1 is 1.04 bits per heavy atom. The molecule has 0 aliphatic rings. The molecule has 0 heterocycles. The number of anilines is 2. The van der Waals surface area contributed by atoms with Gasteiger partial charge in [-0.3, -0.25) is 0 Å². The van der Waals surface area contributed by atoms with Gasteiger partial charge in [0.25, 0.3) is 0 Å². The van der Waals surface area contributed by atoms with Crippen LogP contribution >= 0.6 is 24.0 Å². The highest BCUT2D eigenvalue weighted by Crippen LogP contribution is 2.17. The highest BCUT2D eigenvalue weighted by atomic mass is 127. The summed E-state index contributed by atoms with van der Waals surface area (Å²) in [4.78, 5) is 4.38. The van der Waals surface area contributed by atoms with E-state index in [1.807, 2.05) is 62.4 Å². The molecular weight excluding hydrogens is 455 g/mol. The predicted octanol–water partition coefficient (Wildman–Crippen LogP) is 4.08. The van der Waals surface area contributed by atoms with Gasteiger partial charge in [0.05, 0.1) is 19.3 Å². The van der Waals surface area contributed by atoms with Gasteiger partial charge in [-0.25, -0.2) is 4.99 Å². The SMILES string of the molecule is COCCNc1ccc(CN=C(N)Nc2ccc(OC(C)C)cc2)cc1.I. The van der Waals surface area contributed by atoms with E-state index in [-0.39, 0.29) is 30.1 Å². The molecule has 0 aromatic heterocycles. The van der Waals surface area contributed by atoms with Crippen LogP contribution in [0.2, 0.25) is 0 Å². The summed E-state index contributed by atoms with van der Waals surface area (Å²) in [5, 5.41) is 6.36. The Morgan fingerprint density at radius 2 is 1.67 bits per heavy atom. The van der Waals surface area contributed by atoms with Crippen LogP contribution in [0.15, 0.2) is 53.5 Å². The Morgan fingerprint density at radius 3 is 2.26 bits per heavy atom. The van der Waals surface area contributed by atoms with E-state index in [9.17, 15) is 0 Å². The van der Waals surface area contributed by atoms with Crippen LogP contribution in [0, 0.1) is 0 Å². The summed E-state index contributed by atoms with van der Waals surface area (Å²) in [5.74, 6) is 1.21. The molecular formula is C20H29IN4O2. The molecule has 0 aliphatic heterocycles. The van der Waals surface area contributed by atoms with E-state index in [1.54, 1.807) is 7.11 Å². The number of hydrogen-bond acceptors (Lipinski definition) is 4. The van der Waals surface area contributed by atoms with Crippen molar-refractivity contribution in [3.05, 3.63) is 54.1 Å². The second-order valence-corrected chi connectivity index (χ2v) is 6.13. The summed E-state index contributed by atoms with van der Waals surface area (Å²) >= 11 is 0. The maximum atomic E-state index is 5.96. The summed E-state index contributed by atoms with van der Waals surface area (Å²) in [6.07, 6.45) is 0.155. The third kappa shape index (κ3) is 8.96. The smallest absolute Gasteiger partial charge is 0.193 e. The quantitative estimate of drug-likeness (QED) is 0.216. The number of benzene rings is 2. The highest BCUT2D eigenvalue weighted by molar-refractivity contribution is 14.0. The molecule has 2 rings (SSSR count). The van der Waals surface area contributed by atoms with Crippen molar-refractivity contribution in [1.82, 2.24) is 0 Å². The second kappa shape index (κ2) is 12.4. The van der Waals surface area contributed by atoms with Gasteiger partial charge in [0.2, 0.25) is 0 Å². The minimum atomic E-state index is 0. The van der Waals surface area contributed by atoms with Crippen molar-refractivity contribution >= 4 is 41.3 Å². The molecule has 0 amide bonds. The van der Waals surface area contributed by atoms with E-state index in [4.69, 9.17) is 15.2 Å². The number of nitrogens with two attached hydrogens (primary N) is 1. The van der Waals surface area contributed by atoms with Crippen molar-refractivity contribution < 1.29 is 9.47 Å². The van der Waals surface area contributed by atoms with Gasteiger partial charge in [0.15, 0.2) is 5.96 Å². The molecule has 148 valence electrons. The topological polar surface area (TPSA) is 80.9 Å². The monoisotopic (exact) mass is 484 g/mol. The highest BCUT2D eigenvalue weighted by Gasteiger charge is 2.00. The van der Waals surface area contributed by atoms with Gasteiger partial charge < -0.3 is 25.8 Å². The molecule has 0 bridgehead atoms. The van der Waals surface area contributed by atoms with Gasteiger partial charge >= 0.3 is 0 Å². The average Bonchev–Trinajstić information content (AvgIpc) is 2.62. The molecule has 2 aromatic rings. The van der Waals surface area contributed by atoms with E-state index in [1.165, 1.54) is 0 Å². The maximum absolute atomic E-state index is 5.96. The fourth-order valence-electron chi connectivity index (χ4n) is 2.28. The Hall–Kier alpha value is -2.00. The van der Waals surface area contributed by atoms with Gasteiger partial charge in [-0.15, -0.1) is 24.0 Å². The number of hydrogen-bond donors (Lipinski definition) is 3. The van der Waals surface area contributed by atoms with Crippen LogP contribution in [-0.4, -0.2) is 32.3 Å². The first-order chi connectivity index (χ1) is 12.6. The number of nitrogens with one attached hydrogen (secondary N) is 2. The Labute approximate surface area is 178 Å². The first-order valence-corrected chi connectivity index (χ1v) is 8.72. The maximum Gasteiger partial charge on any atom is 0.193 e. The summed E-state index contributed by atoms with van der Waals surface area (Å²) in [7, 11) is 1.69. The zero-order valence-electron chi connectivity index (χ0n) is 16.1. The van der Waals surface area contributed by atoms with E-state index in [2.05, 4.69) is 15.6 Å². The third-order valence-corrected chi connectivity index (χ3v) is 3.52. The Bertz CT molecular complexity index is 688. The Kier molecular flexibility index (Phi) is 10.6. The van der Waals surface area contributed by atoms with Crippen molar-refractivity contribution in [1.29, 1.82) is 0 Å². The number of halogens is 1. The van der Waals surface area contributed by atoms with Crippen molar-refractivity contribution in [2.45, 2.75) is 26.5 Å². The summed E-state index contributed by atoms with van der Waals surface area (Å²) in [5.41, 5.74) is 8.99. The largest absolute Gasteiger partial charge is 0.491 e. The molecule has 0 saturated carbocycles. The molecule has 0 saturated heterocycles. The van der Waals surface area contributed by atoms with Crippen LogP contribution in [0.25, 0.3) is 0 Å². The number of ether oxygens (including phenoxy) is 2.